The van der Waals surface area contributed by atoms with Gasteiger partial charge in [-0.25, -0.2) is 17.2 Å². The summed E-state index contributed by atoms with van der Waals surface area (Å²) < 4.78 is 52.3. The van der Waals surface area contributed by atoms with Gasteiger partial charge >= 0.3 is 0 Å². The highest BCUT2D eigenvalue weighted by Gasteiger charge is 2.31. The summed E-state index contributed by atoms with van der Waals surface area (Å²) in [5.41, 5.74) is 3.08. The molecule has 0 bridgehead atoms. The van der Waals surface area contributed by atoms with Crippen LogP contribution in [0.1, 0.15) is 56.0 Å². The van der Waals surface area contributed by atoms with Crippen molar-refractivity contribution < 1.29 is 27.1 Å². The van der Waals surface area contributed by atoms with E-state index in [1.165, 1.54) is 6.92 Å². The van der Waals surface area contributed by atoms with Crippen molar-refractivity contribution in [1.29, 1.82) is 0 Å². The lowest BCUT2D eigenvalue weighted by atomic mass is 9.86. The van der Waals surface area contributed by atoms with Gasteiger partial charge in [-0.2, -0.15) is 0 Å². The van der Waals surface area contributed by atoms with Crippen LogP contribution in [0.2, 0.25) is 0 Å². The number of halogens is 2. The van der Waals surface area contributed by atoms with E-state index in [1.807, 2.05) is 18.2 Å². The molecule has 3 N–H and O–H groups in total. The lowest BCUT2D eigenvalue weighted by Crippen LogP contribution is -2.49. The minimum absolute atomic E-state index is 0.00634. The van der Waals surface area contributed by atoms with E-state index in [2.05, 4.69) is 31.4 Å². The maximum atomic E-state index is 13.6. The number of carbonyl (C=O) groups is 1. The maximum absolute atomic E-state index is 13.6. The highest BCUT2D eigenvalue weighted by atomic mass is 32.2. The first-order valence-electron chi connectivity index (χ1n) is 11.7. The van der Waals surface area contributed by atoms with Crippen molar-refractivity contribution in [2.75, 3.05) is 12.3 Å². The molecule has 192 valence electrons. The van der Waals surface area contributed by atoms with Crippen LogP contribution >= 0.6 is 0 Å². The van der Waals surface area contributed by atoms with Crippen LogP contribution in [0.15, 0.2) is 36.4 Å². The average Bonchev–Trinajstić information content (AvgIpc) is 2.69. The second-order valence-corrected chi connectivity index (χ2v) is 12.8. The van der Waals surface area contributed by atoms with Crippen LogP contribution in [0.3, 0.4) is 0 Å². The molecule has 1 aliphatic heterocycles. The van der Waals surface area contributed by atoms with Gasteiger partial charge in [-0.05, 0) is 52.6 Å². The molecule has 9 heteroatoms. The second kappa shape index (κ2) is 10.7. The van der Waals surface area contributed by atoms with Crippen LogP contribution < -0.4 is 10.6 Å². The Bertz CT molecular complexity index is 1160. The number of rotatable bonds is 8. The van der Waals surface area contributed by atoms with Gasteiger partial charge in [0.15, 0.2) is 9.84 Å². The molecule has 0 spiro atoms. The zero-order valence-corrected chi connectivity index (χ0v) is 21.4. The molecule has 6 nitrogen and oxygen atoms in total. The highest BCUT2D eigenvalue weighted by Crippen LogP contribution is 2.31. The molecule has 0 radical (unpaired) electrons. The van der Waals surface area contributed by atoms with Crippen molar-refractivity contribution in [3.05, 3.63) is 70.3 Å². The number of fused-ring (bicyclic) bond motifs is 1. The molecule has 0 saturated carbocycles. The third kappa shape index (κ3) is 8.08. The van der Waals surface area contributed by atoms with E-state index in [1.54, 1.807) is 0 Å². The molecular weight excluding hydrogens is 474 g/mol. The smallest absolute Gasteiger partial charge is 0.217 e. The summed E-state index contributed by atoms with van der Waals surface area (Å²) in [5, 5.41) is 16.6. The normalized spacial score (nSPS) is 19.0. The third-order valence-electron chi connectivity index (χ3n) is 5.92. The van der Waals surface area contributed by atoms with Gasteiger partial charge in [-0.15, -0.1) is 0 Å². The first-order chi connectivity index (χ1) is 16.2. The number of sulfone groups is 1. The average molecular weight is 509 g/mol. The molecule has 3 rings (SSSR count). The first kappa shape index (κ1) is 27.2. The zero-order chi connectivity index (χ0) is 26.0. The summed E-state index contributed by atoms with van der Waals surface area (Å²) in [4.78, 5) is 11.7. The molecular formula is C26H34F2N2O4S. The number of benzene rings is 2. The van der Waals surface area contributed by atoms with Crippen molar-refractivity contribution in [2.24, 2.45) is 5.41 Å². The van der Waals surface area contributed by atoms with E-state index >= 15 is 0 Å². The summed E-state index contributed by atoms with van der Waals surface area (Å²) in [7, 11) is -3.34. The fourth-order valence-electron chi connectivity index (χ4n) is 4.56. The quantitative estimate of drug-likeness (QED) is 0.509. The highest BCUT2D eigenvalue weighted by molar-refractivity contribution is 7.90. The van der Waals surface area contributed by atoms with Gasteiger partial charge in [0.1, 0.15) is 11.6 Å². The number of nitrogens with one attached hydrogen (secondary N) is 2. The van der Waals surface area contributed by atoms with Gasteiger partial charge in [-0.1, -0.05) is 39.0 Å². The molecule has 35 heavy (non-hydrogen) atoms. The molecule has 3 unspecified atom stereocenters. The van der Waals surface area contributed by atoms with E-state index < -0.39 is 45.6 Å². The number of hydrogen-bond acceptors (Lipinski definition) is 5. The van der Waals surface area contributed by atoms with E-state index in [0.29, 0.717) is 0 Å². The van der Waals surface area contributed by atoms with Crippen LogP contribution in [0.4, 0.5) is 8.78 Å². The van der Waals surface area contributed by atoms with E-state index in [-0.39, 0.29) is 35.4 Å². The minimum Gasteiger partial charge on any atom is -0.390 e. The minimum atomic E-state index is -3.34. The lowest BCUT2D eigenvalue weighted by molar-refractivity contribution is -0.120. The Balaban J connectivity index is 1.79. The van der Waals surface area contributed by atoms with E-state index in [0.717, 1.165) is 41.3 Å². The Morgan fingerprint density at radius 2 is 1.77 bits per heavy atom. The van der Waals surface area contributed by atoms with Crippen LogP contribution in [0.5, 0.6) is 0 Å². The summed E-state index contributed by atoms with van der Waals surface area (Å²) in [5.74, 6) is -2.03. The number of amides is 1. The van der Waals surface area contributed by atoms with Gasteiger partial charge in [0, 0.05) is 25.6 Å². The Kier molecular flexibility index (Phi) is 8.34. The molecule has 3 atom stereocenters. The summed E-state index contributed by atoms with van der Waals surface area (Å²) >= 11 is 0. The predicted octanol–water partition coefficient (Wildman–Crippen LogP) is 3.22. The standard InChI is InChI=1S/C26H34F2N2O4S/c1-16(31)30-23(10-18-7-20(27)11-21(28)8-18)25(32)13-29-24-15-35(33,34)14-19-6-5-17(9-22(19)24)12-26(2,3)4/h5-9,11,23-25,29,32H,10,12-15H2,1-4H3,(H,30,31). The van der Waals surface area contributed by atoms with Gasteiger partial charge in [0.25, 0.3) is 0 Å². The Hall–Kier alpha value is -2.36. The van der Waals surface area contributed by atoms with Crippen LogP contribution in [-0.4, -0.2) is 43.9 Å². The number of hydrogen-bond donors (Lipinski definition) is 3. The van der Waals surface area contributed by atoms with E-state index in [4.69, 9.17) is 0 Å². The molecule has 0 aromatic heterocycles. The molecule has 0 aliphatic carbocycles. The predicted molar refractivity (Wildman–Crippen MR) is 132 cm³/mol. The second-order valence-electron chi connectivity index (χ2n) is 10.6. The summed E-state index contributed by atoms with van der Waals surface area (Å²) in [6.45, 7) is 7.67. The fourth-order valence-corrected chi connectivity index (χ4v) is 6.22. The van der Waals surface area contributed by atoms with Crippen molar-refractivity contribution in [3.63, 3.8) is 0 Å². The topological polar surface area (TPSA) is 95.5 Å². The number of carbonyl (C=O) groups excluding carboxylic acids is 1. The maximum Gasteiger partial charge on any atom is 0.217 e. The summed E-state index contributed by atoms with van der Waals surface area (Å²) in [6, 6.07) is 7.55. The lowest BCUT2D eigenvalue weighted by Gasteiger charge is -2.30. The van der Waals surface area contributed by atoms with Crippen molar-refractivity contribution in [2.45, 2.75) is 64.5 Å². The molecule has 1 amide bonds. The Morgan fingerprint density at radius 1 is 1.11 bits per heavy atom. The SMILES string of the molecule is CC(=O)NC(Cc1cc(F)cc(F)c1)C(O)CNC1CS(=O)(=O)Cc2ccc(CC(C)(C)C)cc21. The van der Waals surface area contributed by atoms with Crippen molar-refractivity contribution in [1.82, 2.24) is 10.6 Å². The largest absolute Gasteiger partial charge is 0.390 e. The van der Waals surface area contributed by atoms with Crippen molar-refractivity contribution >= 4 is 15.7 Å². The van der Waals surface area contributed by atoms with Crippen LogP contribution in [0.25, 0.3) is 0 Å². The first-order valence-corrected chi connectivity index (χ1v) is 13.5. The molecule has 1 heterocycles. The zero-order valence-electron chi connectivity index (χ0n) is 20.6. The summed E-state index contributed by atoms with van der Waals surface area (Å²) in [6.07, 6.45) is -0.292. The molecule has 2 aromatic carbocycles. The van der Waals surface area contributed by atoms with Gasteiger partial charge in [-0.3, -0.25) is 4.79 Å². The fraction of sp³-hybridized carbons (Fsp3) is 0.500. The van der Waals surface area contributed by atoms with Crippen LogP contribution in [-0.2, 0) is 33.2 Å². The molecule has 0 saturated heterocycles. The van der Waals surface area contributed by atoms with Gasteiger partial charge in [0.05, 0.1) is 23.7 Å². The van der Waals surface area contributed by atoms with Gasteiger partial charge < -0.3 is 15.7 Å². The molecule has 1 aliphatic rings. The Morgan fingerprint density at radius 3 is 2.37 bits per heavy atom. The van der Waals surface area contributed by atoms with Gasteiger partial charge in [0.2, 0.25) is 5.91 Å². The van der Waals surface area contributed by atoms with Crippen LogP contribution in [0, 0.1) is 17.0 Å². The number of aliphatic hydroxyl groups excluding tert-OH is 1. The molecule has 2 aromatic rings. The third-order valence-corrected chi connectivity index (χ3v) is 7.51. The monoisotopic (exact) mass is 508 g/mol. The Labute approximate surface area is 206 Å². The number of aliphatic hydroxyl groups is 1. The van der Waals surface area contributed by atoms with Crippen molar-refractivity contribution in [3.8, 4) is 0 Å². The molecule has 0 fully saturated rings. The van der Waals surface area contributed by atoms with E-state index in [9.17, 15) is 27.1 Å².